The number of nitrogens with one attached hydrogen (secondary N) is 1. The molecule has 0 spiro atoms. The summed E-state index contributed by atoms with van der Waals surface area (Å²) in [6, 6.07) is 11.8. The number of benzene rings is 1. The predicted octanol–water partition coefficient (Wildman–Crippen LogP) is 3.54. The normalized spacial score (nSPS) is 18.5. The first-order chi connectivity index (χ1) is 9.65. The summed E-state index contributed by atoms with van der Waals surface area (Å²) in [6.45, 7) is 3.53. The molecule has 1 aromatic carbocycles. The zero-order valence-electron chi connectivity index (χ0n) is 11.1. The monoisotopic (exact) mass is 306 g/mol. The highest BCUT2D eigenvalue weighted by atomic mass is 35.5. The maximum Gasteiger partial charge on any atom is 0.268 e. The Morgan fingerprint density at radius 2 is 2.15 bits per heavy atom. The van der Waals surface area contributed by atoms with Gasteiger partial charge in [-0.2, -0.15) is 0 Å². The van der Waals surface area contributed by atoms with Crippen molar-refractivity contribution in [3.63, 3.8) is 0 Å². The van der Waals surface area contributed by atoms with Gasteiger partial charge in [0.15, 0.2) is 0 Å². The van der Waals surface area contributed by atoms with Gasteiger partial charge in [-0.1, -0.05) is 29.8 Å². The van der Waals surface area contributed by atoms with Crippen LogP contribution >= 0.6 is 22.9 Å². The van der Waals surface area contributed by atoms with E-state index < -0.39 is 0 Å². The van der Waals surface area contributed by atoms with Crippen LogP contribution in [0.1, 0.15) is 22.2 Å². The number of fused-ring (bicyclic) bond motifs is 1. The number of amides is 1. The molecule has 3 nitrogen and oxygen atoms in total. The summed E-state index contributed by atoms with van der Waals surface area (Å²) in [6.07, 6.45) is 0. The van der Waals surface area contributed by atoms with E-state index in [0.717, 1.165) is 17.8 Å². The molecule has 1 atom stereocenters. The Morgan fingerprint density at radius 1 is 1.35 bits per heavy atom. The van der Waals surface area contributed by atoms with Crippen LogP contribution in [0, 0.1) is 0 Å². The van der Waals surface area contributed by atoms with Crippen molar-refractivity contribution in [1.82, 2.24) is 5.32 Å². The first kappa shape index (κ1) is 13.6. The Balaban J connectivity index is 2.00. The van der Waals surface area contributed by atoms with Gasteiger partial charge in [-0.15, -0.1) is 11.3 Å². The molecule has 1 amide bonds. The first-order valence-electron chi connectivity index (χ1n) is 6.53. The van der Waals surface area contributed by atoms with Crippen LogP contribution in [-0.2, 0) is 6.54 Å². The number of nitrogens with zero attached hydrogens (tertiary/aromatic N) is 1. The van der Waals surface area contributed by atoms with Crippen LogP contribution < -0.4 is 10.2 Å². The lowest BCUT2D eigenvalue weighted by molar-refractivity contribution is 0.0989. The standard InChI is InChI=1S/C15H15ClN2OS/c1-10-9-18(15(19)13-6-7-14(16)20-13)12-5-3-2-4-11(12)8-17-10/h2-7,10,17H,8-9H2,1H3. The van der Waals surface area contributed by atoms with Crippen LogP contribution in [0.4, 0.5) is 5.69 Å². The molecule has 0 radical (unpaired) electrons. The molecule has 0 saturated heterocycles. The average Bonchev–Trinajstić information content (AvgIpc) is 2.81. The molecular weight excluding hydrogens is 292 g/mol. The van der Waals surface area contributed by atoms with Crippen LogP contribution in [0.2, 0.25) is 4.34 Å². The van der Waals surface area contributed by atoms with Crippen molar-refractivity contribution in [1.29, 1.82) is 0 Å². The van der Waals surface area contributed by atoms with Crippen molar-refractivity contribution >= 4 is 34.5 Å². The van der Waals surface area contributed by atoms with Gasteiger partial charge in [-0.25, -0.2) is 0 Å². The number of thiophene rings is 1. The Kier molecular flexibility index (Phi) is 3.78. The maximum atomic E-state index is 12.7. The van der Waals surface area contributed by atoms with E-state index >= 15 is 0 Å². The van der Waals surface area contributed by atoms with Crippen molar-refractivity contribution in [2.75, 3.05) is 11.4 Å². The first-order valence-corrected chi connectivity index (χ1v) is 7.73. The molecule has 3 rings (SSSR count). The third-order valence-corrected chi connectivity index (χ3v) is 4.63. The fourth-order valence-corrected chi connectivity index (χ4v) is 3.39. The van der Waals surface area contributed by atoms with Gasteiger partial charge in [0.1, 0.15) is 0 Å². The molecule has 0 bridgehead atoms. The second kappa shape index (κ2) is 5.56. The molecule has 2 heterocycles. The molecule has 1 unspecified atom stereocenters. The van der Waals surface area contributed by atoms with E-state index in [2.05, 4.69) is 18.3 Å². The Hall–Kier alpha value is -1.36. The molecule has 1 aromatic heterocycles. The van der Waals surface area contributed by atoms with Gasteiger partial charge in [0.25, 0.3) is 5.91 Å². The van der Waals surface area contributed by atoms with Gasteiger partial charge in [0, 0.05) is 24.8 Å². The van der Waals surface area contributed by atoms with Crippen molar-refractivity contribution < 1.29 is 4.79 Å². The summed E-state index contributed by atoms with van der Waals surface area (Å²) in [4.78, 5) is 15.3. The molecular formula is C15H15ClN2OS. The highest BCUT2D eigenvalue weighted by Gasteiger charge is 2.25. The van der Waals surface area contributed by atoms with E-state index in [1.165, 1.54) is 11.3 Å². The highest BCUT2D eigenvalue weighted by Crippen LogP contribution is 2.28. The summed E-state index contributed by atoms with van der Waals surface area (Å²) in [7, 11) is 0. The van der Waals surface area contributed by atoms with Crippen molar-refractivity contribution in [3.8, 4) is 0 Å². The SMILES string of the molecule is CC1CN(C(=O)c2ccc(Cl)s2)c2ccccc2CN1. The van der Waals surface area contributed by atoms with Gasteiger partial charge in [-0.05, 0) is 30.7 Å². The minimum atomic E-state index is 0.0184. The van der Waals surface area contributed by atoms with E-state index in [9.17, 15) is 4.79 Å². The van der Waals surface area contributed by atoms with Crippen molar-refractivity contribution in [2.45, 2.75) is 19.5 Å². The molecule has 1 aliphatic rings. The molecule has 20 heavy (non-hydrogen) atoms. The third-order valence-electron chi connectivity index (χ3n) is 3.41. The number of hydrogen-bond acceptors (Lipinski definition) is 3. The second-order valence-corrected chi connectivity index (χ2v) is 6.65. The zero-order valence-corrected chi connectivity index (χ0v) is 12.7. The summed E-state index contributed by atoms with van der Waals surface area (Å²) >= 11 is 7.27. The summed E-state index contributed by atoms with van der Waals surface area (Å²) < 4.78 is 0.641. The molecule has 2 aromatic rings. The molecule has 1 aliphatic heterocycles. The number of rotatable bonds is 1. The van der Waals surface area contributed by atoms with Crippen molar-refractivity contribution in [2.24, 2.45) is 0 Å². The quantitative estimate of drug-likeness (QED) is 0.874. The fourth-order valence-electron chi connectivity index (χ4n) is 2.40. The third kappa shape index (κ3) is 2.59. The fraction of sp³-hybridized carbons (Fsp3) is 0.267. The molecule has 5 heteroatoms. The van der Waals surface area contributed by atoms with E-state index in [-0.39, 0.29) is 11.9 Å². The average molecular weight is 307 g/mol. The highest BCUT2D eigenvalue weighted by molar-refractivity contribution is 7.18. The predicted molar refractivity (Wildman–Crippen MR) is 83.7 cm³/mol. The Bertz CT molecular complexity index is 640. The molecule has 0 aliphatic carbocycles. The lowest BCUT2D eigenvalue weighted by Gasteiger charge is -2.23. The Labute approximate surface area is 127 Å². The number of carbonyl (C=O) groups is 1. The Morgan fingerprint density at radius 3 is 2.90 bits per heavy atom. The minimum absolute atomic E-state index is 0.0184. The van der Waals surface area contributed by atoms with Crippen LogP contribution in [0.25, 0.3) is 0 Å². The van der Waals surface area contributed by atoms with E-state index in [1.54, 1.807) is 12.1 Å². The van der Waals surface area contributed by atoms with Crippen LogP contribution in [0.5, 0.6) is 0 Å². The van der Waals surface area contributed by atoms with Crippen molar-refractivity contribution in [3.05, 3.63) is 51.2 Å². The molecule has 1 N–H and O–H groups in total. The topological polar surface area (TPSA) is 32.3 Å². The van der Waals surface area contributed by atoms with Gasteiger partial charge in [0.05, 0.1) is 9.21 Å². The number of halogens is 1. The number of anilines is 1. The van der Waals surface area contributed by atoms with Gasteiger partial charge >= 0.3 is 0 Å². The van der Waals surface area contributed by atoms with E-state index in [1.807, 2.05) is 23.1 Å². The molecule has 0 saturated carbocycles. The van der Waals surface area contributed by atoms with E-state index in [0.29, 0.717) is 15.8 Å². The number of hydrogen-bond donors (Lipinski definition) is 1. The maximum absolute atomic E-state index is 12.7. The zero-order chi connectivity index (χ0) is 14.1. The summed E-state index contributed by atoms with van der Waals surface area (Å²) in [5.74, 6) is 0.0184. The number of para-hydroxylation sites is 1. The van der Waals surface area contributed by atoms with Gasteiger partial charge < -0.3 is 10.2 Å². The summed E-state index contributed by atoms with van der Waals surface area (Å²) in [5, 5.41) is 3.43. The molecule has 0 fully saturated rings. The lowest BCUT2D eigenvalue weighted by atomic mass is 10.1. The van der Waals surface area contributed by atoms with Crippen LogP contribution in [0.15, 0.2) is 36.4 Å². The van der Waals surface area contributed by atoms with Crippen LogP contribution in [-0.4, -0.2) is 18.5 Å². The largest absolute Gasteiger partial charge is 0.308 e. The smallest absolute Gasteiger partial charge is 0.268 e. The lowest BCUT2D eigenvalue weighted by Crippen LogP contribution is -2.39. The molecule has 104 valence electrons. The minimum Gasteiger partial charge on any atom is -0.308 e. The van der Waals surface area contributed by atoms with E-state index in [4.69, 9.17) is 11.6 Å². The second-order valence-electron chi connectivity index (χ2n) is 4.93. The summed E-state index contributed by atoms with van der Waals surface area (Å²) in [5.41, 5.74) is 2.13. The van der Waals surface area contributed by atoms with Gasteiger partial charge in [-0.3, -0.25) is 4.79 Å². The van der Waals surface area contributed by atoms with Gasteiger partial charge in [0.2, 0.25) is 0 Å². The van der Waals surface area contributed by atoms with Crippen LogP contribution in [0.3, 0.4) is 0 Å². The number of carbonyl (C=O) groups excluding carboxylic acids is 1.